The van der Waals surface area contributed by atoms with Crippen LogP contribution >= 0.6 is 0 Å². The van der Waals surface area contributed by atoms with Gasteiger partial charge in [-0.2, -0.15) is 0 Å². The number of nitrogens with one attached hydrogen (secondary N) is 1. The van der Waals surface area contributed by atoms with Crippen molar-refractivity contribution in [3.63, 3.8) is 0 Å². The van der Waals surface area contributed by atoms with Gasteiger partial charge in [0.05, 0.1) is 19.1 Å². The van der Waals surface area contributed by atoms with E-state index in [-0.39, 0.29) is 11.9 Å². The maximum Gasteiger partial charge on any atom is 0.223 e. The molecule has 0 aromatic heterocycles. The number of hydrogen-bond acceptors (Lipinski definition) is 3. The number of benzene rings is 2. The molecule has 1 atom stereocenters. The highest BCUT2D eigenvalue weighted by molar-refractivity contribution is 5.76. The lowest BCUT2D eigenvalue weighted by Crippen LogP contribution is -2.34. The normalized spacial score (nSPS) is 11.7. The summed E-state index contributed by atoms with van der Waals surface area (Å²) in [6, 6.07) is 19.0. The fourth-order valence-corrected chi connectivity index (χ4v) is 2.01. The van der Waals surface area contributed by atoms with Crippen molar-refractivity contribution in [3.05, 3.63) is 66.2 Å². The molecule has 2 aromatic carbocycles. The highest BCUT2D eigenvalue weighted by Gasteiger charge is 2.12. The number of carbonyl (C=O) groups excluding carboxylic acids is 1. The second kappa shape index (κ2) is 8.07. The van der Waals surface area contributed by atoms with E-state index < -0.39 is 0 Å². The second-order valence-electron chi connectivity index (χ2n) is 4.68. The van der Waals surface area contributed by atoms with E-state index in [1.165, 1.54) is 0 Å². The van der Waals surface area contributed by atoms with Gasteiger partial charge in [-0.1, -0.05) is 48.5 Å². The maximum absolute atomic E-state index is 11.9. The number of amides is 1. The van der Waals surface area contributed by atoms with Crippen LogP contribution in [0.2, 0.25) is 0 Å². The molecule has 4 nitrogen and oxygen atoms in total. The van der Waals surface area contributed by atoms with Crippen LogP contribution in [0.25, 0.3) is 0 Å². The summed E-state index contributed by atoms with van der Waals surface area (Å²) in [4.78, 5) is 11.9. The lowest BCUT2D eigenvalue weighted by Gasteiger charge is -2.17. The second-order valence-corrected chi connectivity index (χ2v) is 4.68. The predicted molar refractivity (Wildman–Crippen MR) is 82.9 cm³/mol. The van der Waals surface area contributed by atoms with Gasteiger partial charge >= 0.3 is 0 Å². The molecule has 0 heterocycles. The summed E-state index contributed by atoms with van der Waals surface area (Å²) < 4.78 is 5.51. The standard InChI is InChI=1S/C17H20N2O2/c18-13-16(14-7-3-1-4-8-14)19-17(20)11-12-21-15-9-5-2-6-10-15/h1-10,16H,11-13,18H2,(H,19,20). The Morgan fingerprint density at radius 1 is 1.05 bits per heavy atom. The Hall–Kier alpha value is -2.33. The van der Waals surface area contributed by atoms with E-state index in [1.54, 1.807) is 0 Å². The monoisotopic (exact) mass is 284 g/mol. The van der Waals surface area contributed by atoms with Crippen molar-refractivity contribution in [1.82, 2.24) is 5.32 Å². The van der Waals surface area contributed by atoms with Crippen LogP contribution < -0.4 is 15.8 Å². The molecular formula is C17H20N2O2. The number of nitrogens with two attached hydrogens (primary N) is 1. The first-order valence-corrected chi connectivity index (χ1v) is 7.02. The third-order valence-corrected chi connectivity index (χ3v) is 3.11. The van der Waals surface area contributed by atoms with Gasteiger partial charge in [-0.15, -0.1) is 0 Å². The molecule has 0 saturated carbocycles. The Balaban J connectivity index is 1.78. The molecule has 2 rings (SSSR count). The molecule has 0 bridgehead atoms. The Bertz CT molecular complexity index is 543. The summed E-state index contributed by atoms with van der Waals surface area (Å²) in [6.45, 7) is 0.719. The third-order valence-electron chi connectivity index (χ3n) is 3.11. The van der Waals surface area contributed by atoms with E-state index >= 15 is 0 Å². The maximum atomic E-state index is 11.9. The summed E-state index contributed by atoms with van der Waals surface area (Å²) in [7, 11) is 0. The van der Waals surface area contributed by atoms with Crippen LogP contribution in [-0.2, 0) is 4.79 Å². The minimum Gasteiger partial charge on any atom is -0.493 e. The molecule has 0 aliphatic rings. The van der Waals surface area contributed by atoms with E-state index in [0.717, 1.165) is 11.3 Å². The van der Waals surface area contributed by atoms with Gasteiger partial charge in [-0.3, -0.25) is 4.79 Å². The molecule has 2 aromatic rings. The molecule has 110 valence electrons. The van der Waals surface area contributed by atoms with Crippen molar-refractivity contribution in [2.75, 3.05) is 13.2 Å². The minimum absolute atomic E-state index is 0.0646. The first kappa shape index (κ1) is 15.1. The molecule has 0 saturated heterocycles. The van der Waals surface area contributed by atoms with Gasteiger partial charge in [0.15, 0.2) is 0 Å². The number of para-hydroxylation sites is 1. The van der Waals surface area contributed by atoms with Gasteiger partial charge in [0.2, 0.25) is 5.91 Å². The largest absolute Gasteiger partial charge is 0.493 e. The lowest BCUT2D eigenvalue weighted by atomic mass is 10.1. The van der Waals surface area contributed by atoms with Crippen LogP contribution in [-0.4, -0.2) is 19.1 Å². The van der Waals surface area contributed by atoms with Crippen LogP contribution in [0, 0.1) is 0 Å². The molecule has 1 unspecified atom stereocenters. The quantitative estimate of drug-likeness (QED) is 0.819. The molecule has 0 spiro atoms. The van der Waals surface area contributed by atoms with Gasteiger partial charge in [0.25, 0.3) is 0 Å². The first-order valence-electron chi connectivity index (χ1n) is 7.02. The zero-order valence-electron chi connectivity index (χ0n) is 11.9. The first-order chi connectivity index (χ1) is 10.3. The molecule has 3 N–H and O–H groups in total. The van der Waals surface area contributed by atoms with Gasteiger partial charge < -0.3 is 15.8 Å². The molecule has 4 heteroatoms. The van der Waals surface area contributed by atoms with Crippen LogP contribution in [0.3, 0.4) is 0 Å². The van der Waals surface area contributed by atoms with Crippen molar-refractivity contribution in [1.29, 1.82) is 0 Å². The Kier molecular flexibility index (Phi) is 5.79. The molecule has 21 heavy (non-hydrogen) atoms. The van der Waals surface area contributed by atoms with E-state index in [1.807, 2.05) is 60.7 Å². The van der Waals surface area contributed by atoms with E-state index in [4.69, 9.17) is 10.5 Å². The Morgan fingerprint density at radius 3 is 2.29 bits per heavy atom. The van der Waals surface area contributed by atoms with Crippen LogP contribution in [0.4, 0.5) is 0 Å². The fraction of sp³-hybridized carbons (Fsp3) is 0.235. The average Bonchev–Trinajstić information content (AvgIpc) is 2.54. The molecule has 0 radical (unpaired) electrons. The lowest BCUT2D eigenvalue weighted by molar-refractivity contribution is -0.122. The zero-order chi connectivity index (χ0) is 14.9. The van der Waals surface area contributed by atoms with Gasteiger partial charge in [-0.05, 0) is 17.7 Å². The van der Waals surface area contributed by atoms with Gasteiger partial charge in [-0.25, -0.2) is 0 Å². The summed E-state index contributed by atoms with van der Waals surface area (Å²) in [6.07, 6.45) is 0.304. The predicted octanol–water partition coefficient (Wildman–Crippen LogP) is 2.27. The number of hydrogen-bond donors (Lipinski definition) is 2. The SMILES string of the molecule is NCC(NC(=O)CCOc1ccccc1)c1ccccc1. The molecule has 0 fully saturated rings. The Morgan fingerprint density at radius 2 is 1.67 bits per heavy atom. The van der Waals surface area contributed by atoms with Crippen molar-refractivity contribution in [2.45, 2.75) is 12.5 Å². The summed E-state index contributed by atoms with van der Waals surface area (Å²) >= 11 is 0. The van der Waals surface area contributed by atoms with E-state index in [2.05, 4.69) is 5.32 Å². The van der Waals surface area contributed by atoms with Crippen LogP contribution in [0.15, 0.2) is 60.7 Å². The van der Waals surface area contributed by atoms with Crippen molar-refractivity contribution >= 4 is 5.91 Å². The highest BCUT2D eigenvalue weighted by Crippen LogP contribution is 2.11. The average molecular weight is 284 g/mol. The van der Waals surface area contributed by atoms with Crippen molar-refractivity contribution < 1.29 is 9.53 Å². The third kappa shape index (κ3) is 4.93. The van der Waals surface area contributed by atoms with Crippen LogP contribution in [0.5, 0.6) is 5.75 Å². The van der Waals surface area contributed by atoms with Crippen molar-refractivity contribution in [2.24, 2.45) is 5.73 Å². The summed E-state index contributed by atoms with van der Waals surface area (Å²) in [5.74, 6) is 0.703. The minimum atomic E-state index is -0.157. The summed E-state index contributed by atoms with van der Waals surface area (Å²) in [5, 5.41) is 2.93. The molecular weight excluding hydrogens is 264 g/mol. The van der Waals surface area contributed by atoms with E-state index in [9.17, 15) is 4.79 Å². The number of ether oxygens (including phenoxy) is 1. The highest BCUT2D eigenvalue weighted by atomic mass is 16.5. The molecule has 1 amide bonds. The fourth-order valence-electron chi connectivity index (χ4n) is 2.01. The zero-order valence-corrected chi connectivity index (χ0v) is 11.9. The van der Waals surface area contributed by atoms with Gasteiger partial charge in [0, 0.05) is 6.54 Å². The van der Waals surface area contributed by atoms with E-state index in [0.29, 0.717) is 19.6 Å². The van der Waals surface area contributed by atoms with Gasteiger partial charge in [0.1, 0.15) is 5.75 Å². The smallest absolute Gasteiger partial charge is 0.223 e. The molecule has 0 aliphatic heterocycles. The Labute approximate surface area is 124 Å². The summed E-state index contributed by atoms with van der Waals surface area (Å²) in [5.41, 5.74) is 6.74. The van der Waals surface area contributed by atoms with Crippen molar-refractivity contribution in [3.8, 4) is 5.75 Å². The van der Waals surface area contributed by atoms with Crippen LogP contribution in [0.1, 0.15) is 18.0 Å². The molecule has 0 aliphatic carbocycles. The number of carbonyl (C=O) groups is 1. The topological polar surface area (TPSA) is 64.3 Å². The number of rotatable bonds is 7.